The molecule has 0 aromatic heterocycles. The van der Waals surface area contributed by atoms with Gasteiger partial charge in [-0.25, -0.2) is 4.18 Å². The number of hydrogen-bond donors (Lipinski definition) is 0. The molecule has 2 fully saturated rings. The molecule has 2 atom stereocenters. The van der Waals surface area contributed by atoms with E-state index in [0.29, 0.717) is 22.5 Å². The van der Waals surface area contributed by atoms with Crippen molar-refractivity contribution >= 4 is 33.5 Å². The molecule has 2 aliphatic rings. The summed E-state index contributed by atoms with van der Waals surface area (Å²) in [5, 5.41) is 1.16. The molecule has 7 heteroatoms. The summed E-state index contributed by atoms with van der Waals surface area (Å²) in [6.45, 7) is 0.479. The lowest BCUT2D eigenvalue weighted by atomic mass is 9.95. The molecule has 132 valence electrons. The van der Waals surface area contributed by atoms with Crippen LogP contribution in [0.4, 0.5) is 0 Å². The number of hydrogen-bond acceptors (Lipinski definition) is 3. The molecule has 1 saturated heterocycles. The molecule has 2 aromatic carbocycles. The van der Waals surface area contributed by atoms with Gasteiger partial charge in [0, 0.05) is 16.6 Å². The summed E-state index contributed by atoms with van der Waals surface area (Å²) in [5.74, 6) is 0.409. The first-order valence-electron chi connectivity index (χ1n) is 8.15. The lowest BCUT2D eigenvalue weighted by Crippen LogP contribution is -2.30. The van der Waals surface area contributed by atoms with Crippen LogP contribution >= 0.6 is 23.2 Å². The van der Waals surface area contributed by atoms with Gasteiger partial charge in [0.2, 0.25) is 0 Å². The highest BCUT2D eigenvalue weighted by Gasteiger charge is 2.49. The molecule has 1 aliphatic carbocycles. The Bertz CT molecular complexity index is 881. The van der Waals surface area contributed by atoms with Gasteiger partial charge in [-0.15, -0.1) is 0 Å². The molecular formula is C18H17Cl2NO3S. The van der Waals surface area contributed by atoms with Gasteiger partial charge in [0.25, 0.3) is 0 Å². The van der Waals surface area contributed by atoms with E-state index in [-0.39, 0.29) is 0 Å². The molecule has 0 amide bonds. The SMILES string of the molecule is O=S1(=O)OC(c2cccc(Cl)c2)C(c2ccc(Cl)cc2)N1CC1CC1. The summed E-state index contributed by atoms with van der Waals surface area (Å²) in [5.41, 5.74) is 1.60. The Morgan fingerprint density at radius 3 is 2.36 bits per heavy atom. The Morgan fingerprint density at radius 2 is 1.72 bits per heavy atom. The average Bonchev–Trinajstić information content (AvgIpc) is 3.34. The topological polar surface area (TPSA) is 46.6 Å². The van der Waals surface area contributed by atoms with Crippen molar-refractivity contribution in [2.45, 2.75) is 25.0 Å². The van der Waals surface area contributed by atoms with Gasteiger partial charge in [0.15, 0.2) is 0 Å². The highest BCUT2D eigenvalue weighted by molar-refractivity contribution is 7.84. The molecule has 1 saturated carbocycles. The van der Waals surface area contributed by atoms with Gasteiger partial charge in [-0.1, -0.05) is 47.5 Å². The van der Waals surface area contributed by atoms with E-state index in [1.54, 1.807) is 30.3 Å². The summed E-state index contributed by atoms with van der Waals surface area (Å²) in [7, 11) is -3.80. The van der Waals surface area contributed by atoms with Gasteiger partial charge in [0.05, 0.1) is 6.04 Å². The molecule has 4 nitrogen and oxygen atoms in total. The van der Waals surface area contributed by atoms with Crippen LogP contribution in [0.25, 0.3) is 0 Å². The predicted molar refractivity (Wildman–Crippen MR) is 97.8 cm³/mol. The van der Waals surface area contributed by atoms with E-state index in [2.05, 4.69) is 0 Å². The van der Waals surface area contributed by atoms with Gasteiger partial charge in [0.1, 0.15) is 6.10 Å². The Labute approximate surface area is 157 Å². The highest BCUT2D eigenvalue weighted by atomic mass is 35.5. The minimum atomic E-state index is -3.80. The maximum absolute atomic E-state index is 12.7. The van der Waals surface area contributed by atoms with Crippen LogP contribution in [0.1, 0.15) is 36.1 Å². The van der Waals surface area contributed by atoms with Gasteiger partial charge in [-0.3, -0.25) is 0 Å². The first kappa shape index (κ1) is 17.3. The van der Waals surface area contributed by atoms with Crippen LogP contribution in [0, 0.1) is 5.92 Å². The second-order valence-electron chi connectivity index (χ2n) is 6.54. The first-order valence-corrected chi connectivity index (χ1v) is 10.3. The van der Waals surface area contributed by atoms with Crippen molar-refractivity contribution in [1.82, 2.24) is 4.31 Å². The fraction of sp³-hybridized carbons (Fsp3) is 0.333. The predicted octanol–water partition coefficient (Wildman–Crippen LogP) is 4.76. The molecule has 0 radical (unpaired) electrons. The zero-order chi connectivity index (χ0) is 17.6. The molecule has 4 rings (SSSR count). The summed E-state index contributed by atoms with van der Waals surface area (Å²) in [6.07, 6.45) is 1.48. The van der Waals surface area contributed by atoms with Gasteiger partial charge < -0.3 is 0 Å². The summed E-state index contributed by atoms with van der Waals surface area (Å²) in [6, 6.07) is 14.0. The molecular weight excluding hydrogens is 381 g/mol. The quantitative estimate of drug-likeness (QED) is 0.746. The van der Waals surface area contributed by atoms with Gasteiger partial charge >= 0.3 is 10.3 Å². The normalized spacial score (nSPS) is 26.0. The summed E-state index contributed by atoms with van der Waals surface area (Å²) < 4.78 is 32.4. The highest BCUT2D eigenvalue weighted by Crippen LogP contribution is 2.48. The summed E-state index contributed by atoms with van der Waals surface area (Å²) >= 11 is 12.1. The lowest BCUT2D eigenvalue weighted by Gasteiger charge is -2.24. The number of halogens is 2. The Kier molecular flexibility index (Phi) is 4.54. The minimum Gasteiger partial charge on any atom is -0.248 e. The van der Waals surface area contributed by atoms with Crippen LogP contribution in [0.15, 0.2) is 48.5 Å². The van der Waals surface area contributed by atoms with Crippen molar-refractivity contribution in [1.29, 1.82) is 0 Å². The Balaban J connectivity index is 1.79. The van der Waals surface area contributed by atoms with Crippen molar-refractivity contribution in [3.05, 3.63) is 69.7 Å². The largest absolute Gasteiger partial charge is 0.339 e. The molecule has 2 unspecified atom stereocenters. The molecule has 1 aliphatic heterocycles. The molecule has 0 spiro atoms. The lowest BCUT2D eigenvalue weighted by molar-refractivity contribution is 0.196. The monoisotopic (exact) mass is 397 g/mol. The smallest absolute Gasteiger partial charge is 0.248 e. The molecule has 2 aromatic rings. The second kappa shape index (κ2) is 6.56. The van der Waals surface area contributed by atoms with Gasteiger partial charge in [-0.2, -0.15) is 12.7 Å². The third kappa shape index (κ3) is 3.57. The standard InChI is InChI=1S/C18H17Cl2NO3S/c19-15-8-6-13(7-9-15)17-18(14-2-1-3-16(20)10-14)24-25(22,23)21(17)11-12-4-5-12/h1-3,6-10,12,17-18H,4-5,11H2. The molecule has 25 heavy (non-hydrogen) atoms. The zero-order valence-corrected chi connectivity index (χ0v) is 15.6. The minimum absolute atomic E-state index is 0.409. The fourth-order valence-electron chi connectivity index (χ4n) is 3.21. The maximum Gasteiger partial charge on any atom is 0.339 e. The van der Waals surface area contributed by atoms with Crippen LogP contribution in [0.5, 0.6) is 0 Å². The van der Waals surface area contributed by atoms with E-state index >= 15 is 0 Å². The van der Waals surface area contributed by atoms with Crippen molar-refractivity contribution in [3.8, 4) is 0 Å². The summed E-state index contributed by atoms with van der Waals surface area (Å²) in [4.78, 5) is 0. The van der Waals surface area contributed by atoms with E-state index in [1.807, 2.05) is 18.2 Å². The van der Waals surface area contributed by atoms with E-state index < -0.39 is 22.4 Å². The van der Waals surface area contributed by atoms with Crippen LogP contribution in [-0.4, -0.2) is 19.3 Å². The molecule has 1 heterocycles. The van der Waals surface area contributed by atoms with Crippen molar-refractivity contribution < 1.29 is 12.6 Å². The van der Waals surface area contributed by atoms with Crippen molar-refractivity contribution in [2.75, 3.05) is 6.54 Å². The van der Waals surface area contributed by atoms with Crippen LogP contribution in [-0.2, 0) is 14.5 Å². The van der Waals surface area contributed by atoms with Crippen LogP contribution < -0.4 is 0 Å². The molecule has 0 N–H and O–H groups in total. The van der Waals surface area contributed by atoms with E-state index in [9.17, 15) is 8.42 Å². The van der Waals surface area contributed by atoms with E-state index in [0.717, 1.165) is 24.0 Å². The third-order valence-corrected chi connectivity index (χ3v) is 6.52. The Hall–Kier alpha value is -1.11. The molecule has 0 bridgehead atoms. The van der Waals surface area contributed by atoms with Crippen LogP contribution in [0.2, 0.25) is 10.0 Å². The van der Waals surface area contributed by atoms with Crippen LogP contribution in [0.3, 0.4) is 0 Å². The maximum atomic E-state index is 12.7. The van der Waals surface area contributed by atoms with Crippen molar-refractivity contribution in [2.24, 2.45) is 5.92 Å². The number of benzene rings is 2. The van der Waals surface area contributed by atoms with E-state index in [4.69, 9.17) is 27.4 Å². The first-order chi connectivity index (χ1) is 11.9. The fourth-order valence-corrected chi connectivity index (χ4v) is 5.03. The zero-order valence-electron chi connectivity index (χ0n) is 13.3. The number of rotatable bonds is 4. The second-order valence-corrected chi connectivity index (χ2v) is 8.93. The van der Waals surface area contributed by atoms with Crippen molar-refractivity contribution in [3.63, 3.8) is 0 Å². The Morgan fingerprint density at radius 1 is 1.00 bits per heavy atom. The average molecular weight is 398 g/mol. The van der Waals surface area contributed by atoms with E-state index in [1.165, 1.54) is 4.31 Å². The number of nitrogens with zero attached hydrogens (tertiary/aromatic N) is 1. The third-order valence-electron chi connectivity index (χ3n) is 4.63. The van der Waals surface area contributed by atoms with Gasteiger partial charge in [-0.05, 0) is 54.2 Å².